The Balaban J connectivity index is 1.44. The number of aryl methyl sites for hydroxylation is 1. The van der Waals surface area contributed by atoms with Crippen LogP contribution in [0.15, 0.2) is 48.5 Å². The summed E-state index contributed by atoms with van der Waals surface area (Å²) < 4.78 is 13.0. The summed E-state index contributed by atoms with van der Waals surface area (Å²) in [5.41, 5.74) is 2.73. The van der Waals surface area contributed by atoms with Crippen LogP contribution in [0.25, 0.3) is 11.3 Å². The van der Waals surface area contributed by atoms with Gasteiger partial charge in [0.2, 0.25) is 5.91 Å². The minimum atomic E-state index is -0.548. The summed E-state index contributed by atoms with van der Waals surface area (Å²) in [7, 11) is 1.83. The highest BCUT2D eigenvalue weighted by Crippen LogP contribution is 2.26. The topological polar surface area (TPSA) is 104 Å². The number of aromatic amines is 1. The summed E-state index contributed by atoms with van der Waals surface area (Å²) in [5, 5.41) is 20.8. The Morgan fingerprint density at radius 2 is 2.00 bits per heavy atom. The number of rotatable bonds is 9. The van der Waals surface area contributed by atoms with Gasteiger partial charge in [-0.3, -0.25) is 24.9 Å². The first kappa shape index (κ1) is 22.4. The van der Waals surface area contributed by atoms with Crippen LogP contribution in [0.2, 0.25) is 5.02 Å². The number of nitrogens with one attached hydrogen (secondary N) is 2. The number of carbonyl (C=O) groups is 1. The molecule has 0 aliphatic carbocycles. The van der Waals surface area contributed by atoms with E-state index in [-0.39, 0.29) is 29.0 Å². The zero-order chi connectivity index (χ0) is 22.4. The number of non-ortho nitro benzene ring substituents is 1. The molecule has 0 atom stereocenters. The Morgan fingerprint density at radius 3 is 2.68 bits per heavy atom. The third-order valence-electron chi connectivity index (χ3n) is 4.61. The average Bonchev–Trinajstić information content (AvgIpc) is 3.18. The lowest BCUT2D eigenvalue weighted by atomic mass is 10.1. The van der Waals surface area contributed by atoms with Gasteiger partial charge in [0.25, 0.3) is 5.69 Å². The molecule has 1 amide bonds. The normalized spacial score (nSPS) is 11.0. The Bertz CT molecular complexity index is 1070. The van der Waals surface area contributed by atoms with Crippen molar-refractivity contribution in [2.75, 3.05) is 25.5 Å². The summed E-state index contributed by atoms with van der Waals surface area (Å²) in [6.45, 7) is 0.823. The van der Waals surface area contributed by atoms with E-state index < -0.39 is 4.92 Å². The number of H-pyrrole nitrogens is 1. The van der Waals surface area contributed by atoms with Crippen molar-refractivity contribution in [3.8, 4) is 11.3 Å². The van der Waals surface area contributed by atoms with Crippen LogP contribution in [-0.4, -0.2) is 46.1 Å². The van der Waals surface area contributed by atoms with E-state index in [2.05, 4.69) is 15.5 Å². The zero-order valence-corrected chi connectivity index (χ0v) is 17.5. The lowest BCUT2D eigenvalue weighted by Crippen LogP contribution is -2.31. The highest BCUT2D eigenvalue weighted by atomic mass is 35.5. The van der Waals surface area contributed by atoms with Gasteiger partial charge in [-0.15, -0.1) is 0 Å². The zero-order valence-electron chi connectivity index (χ0n) is 16.8. The molecule has 0 fully saturated rings. The predicted octanol–water partition coefficient (Wildman–Crippen LogP) is 4.28. The number of amides is 1. The molecule has 0 unspecified atom stereocenters. The Kier molecular flexibility index (Phi) is 7.32. The lowest BCUT2D eigenvalue weighted by Gasteiger charge is -2.16. The standard InChI is InChI=1S/C21H21ClFN5O3/c1-27(13-21(29)24-19-9-8-17(28(30)31)12-18(19)22)10-2-3-16-11-20(26-25-16)14-4-6-15(23)7-5-14/h4-9,11-12H,2-3,10,13H2,1H3,(H,24,29)(H,25,26). The number of halogens is 2. The van der Waals surface area contributed by atoms with E-state index in [1.807, 2.05) is 18.0 Å². The van der Waals surface area contributed by atoms with Crippen LogP contribution in [0.1, 0.15) is 12.1 Å². The SMILES string of the molecule is CN(CCCc1cc(-c2ccc(F)cc2)n[nH]1)CC(=O)Nc1ccc([N+](=O)[O-])cc1Cl. The van der Waals surface area contributed by atoms with E-state index in [9.17, 15) is 19.3 Å². The molecule has 0 aliphatic rings. The fourth-order valence-corrected chi connectivity index (χ4v) is 3.25. The van der Waals surface area contributed by atoms with E-state index in [4.69, 9.17) is 11.6 Å². The molecule has 1 aromatic heterocycles. The van der Waals surface area contributed by atoms with Gasteiger partial charge in [0.1, 0.15) is 5.82 Å². The van der Waals surface area contributed by atoms with Crippen LogP contribution in [-0.2, 0) is 11.2 Å². The minimum absolute atomic E-state index is 0.112. The van der Waals surface area contributed by atoms with E-state index >= 15 is 0 Å². The van der Waals surface area contributed by atoms with E-state index in [0.717, 1.165) is 29.8 Å². The first-order valence-corrected chi connectivity index (χ1v) is 9.92. The summed E-state index contributed by atoms with van der Waals surface area (Å²) >= 11 is 6.00. The molecule has 0 spiro atoms. The van der Waals surface area contributed by atoms with Crippen molar-refractivity contribution in [3.05, 3.63) is 75.2 Å². The molecular weight excluding hydrogens is 425 g/mol. The third-order valence-corrected chi connectivity index (χ3v) is 4.92. The number of benzene rings is 2. The van der Waals surface area contributed by atoms with Crippen molar-refractivity contribution in [3.63, 3.8) is 0 Å². The van der Waals surface area contributed by atoms with Crippen LogP contribution in [0.5, 0.6) is 0 Å². The fraction of sp³-hybridized carbons (Fsp3) is 0.238. The molecule has 2 N–H and O–H groups in total. The molecule has 0 radical (unpaired) electrons. The van der Waals surface area contributed by atoms with Crippen molar-refractivity contribution in [1.29, 1.82) is 0 Å². The Morgan fingerprint density at radius 1 is 1.26 bits per heavy atom. The molecular formula is C21H21ClFN5O3. The largest absolute Gasteiger partial charge is 0.324 e. The molecule has 2 aromatic carbocycles. The van der Waals surface area contributed by atoms with Crippen LogP contribution in [0.3, 0.4) is 0 Å². The predicted molar refractivity (Wildman–Crippen MR) is 117 cm³/mol. The number of hydrogen-bond donors (Lipinski definition) is 2. The van der Waals surface area contributed by atoms with Crippen LogP contribution >= 0.6 is 11.6 Å². The quantitative estimate of drug-likeness (QED) is 0.378. The number of nitro benzene ring substituents is 1. The maximum absolute atomic E-state index is 13.0. The van der Waals surface area contributed by atoms with Gasteiger partial charge < -0.3 is 5.32 Å². The van der Waals surface area contributed by atoms with E-state index in [1.165, 1.54) is 30.3 Å². The van der Waals surface area contributed by atoms with Crippen LogP contribution < -0.4 is 5.32 Å². The third kappa shape index (κ3) is 6.34. The molecule has 3 rings (SSSR count). The molecule has 3 aromatic rings. The second-order valence-electron chi connectivity index (χ2n) is 7.10. The van der Waals surface area contributed by atoms with Gasteiger partial charge in [0.05, 0.1) is 27.9 Å². The maximum atomic E-state index is 13.0. The van der Waals surface area contributed by atoms with Gasteiger partial charge in [-0.2, -0.15) is 5.10 Å². The van der Waals surface area contributed by atoms with Crippen molar-refractivity contribution in [2.45, 2.75) is 12.8 Å². The second kappa shape index (κ2) is 10.1. The lowest BCUT2D eigenvalue weighted by molar-refractivity contribution is -0.384. The highest BCUT2D eigenvalue weighted by Gasteiger charge is 2.13. The summed E-state index contributed by atoms with van der Waals surface area (Å²) in [6, 6.07) is 12.0. The van der Waals surface area contributed by atoms with Crippen LogP contribution in [0, 0.1) is 15.9 Å². The number of nitrogens with zero attached hydrogens (tertiary/aromatic N) is 3. The van der Waals surface area contributed by atoms with Gasteiger partial charge in [-0.1, -0.05) is 11.6 Å². The van der Waals surface area contributed by atoms with Crippen molar-refractivity contribution < 1.29 is 14.1 Å². The van der Waals surface area contributed by atoms with Crippen molar-refractivity contribution in [1.82, 2.24) is 15.1 Å². The average molecular weight is 446 g/mol. The van der Waals surface area contributed by atoms with Crippen molar-refractivity contribution >= 4 is 28.9 Å². The number of anilines is 1. The first-order chi connectivity index (χ1) is 14.8. The molecule has 1 heterocycles. The number of hydrogen-bond acceptors (Lipinski definition) is 5. The number of carbonyl (C=O) groups excluding carboxylic acids is 1. The molecule has 0 saturated heterocycles. The van der Waals surface area contributed by atoms with E-state index in [0.29, 0.717) is 12.2 Å². The molecule has 162 valence electrons. The summed E-state index contributed by atoms with van der Waals surface area (Å²) in [4.78, 5) is 24.3. The minimum Gasteiger partial charge on any atom is -0.324 e. The highest BCUT2D eigenvalue weighted by molar-refractivity contribution is 6.34. The summed E-state index contributed by atoms with van der Waals surface area (Å²) in [6.07, 6.45) is 1.54. The number of aromatic nitrogens is 2. The van der Waals surface area contributed by atoms with Crippen molar-refractivity contribution in [2.24, 2.45) is 0 Å². The molecule has 31 heavy (non-hydrogen) atoms. The summed E-state index contributed by atoms with van der Waals surface area (Å²) in [5.74, 6) is -0.555. The molecule has 10 heteroatoms. The second-order valence-corrected chi connectivity index (χ2v) is 7.50. The van der Waals surface area contributed by atoms with Crippen LogP contribution in [0.4, 0.5) is 15.8 Å². The molecule has 8 nitrogen and oxygen atoms in total. The molecule has 0 aliphatic heterocycles. The van der Waals surface area contributed by atoms with Gasteiger partial charge in [-0.25, -0.2) is 4.39 Å². The number of likely N-dealkylation sites (N-methyl/N-ethyl adjacent to an activating group) is 1. The van der Waals surface area contributed by atoms with Gasteiger partial charge in [0.15, 0.2) is 0 Å². The smallest absolute Gasteiger partial charge is 0.271 e. The molecule has 0 bridgehead atoms. The monoisotopic (exact) mass is 445 g/mol. The molecule has 0 saturated carbocycles. The maximum Gasteiger partial charge on any atom is 0.271 e. The number of nitro groups is 1. The Hall–Kier alpha value is -3.30. The van der Waals surface area contributed by atoms with Gasteiger partial charge in [-0.05, 0) is 62.8 Å². The first-order valence-electron chi connectivity index (χ1n) is 9.54. The van der Waals surface area contributed by atoms with Gasteiger partial charge in [0, 0.05) is 23.4 Å². The Labute approximate surface area is 183 Å². The van der Waals surface area contributed by atoms with E-state index in [1.54, 1.807) is 12.1 Å². The van der Waals surface area contributed by atoms with Gasteiger partial charge >= 0.3 is 0 Å². The fourth-order valence-electron chi connectivity index (χ4n) is 3.03.